The SMILES string of the molecule is N#C/C(=C\c1cc(Cl)c(OCC(=O)Nc2ccc(Cl)c(Cl)c2)c(Cl)c1)C(=O)NCc1ccccc1. The van der Waals surface area contributed by atoms with Crippen molar-refractivity contribution in [3.8, 4) is 11.8 Å². The number of ether oxygens (including phenoxy) is 1. The number of nitrogens with one attached hydrogen (secondary N) is 2. The number of rotatable bonds is 8. The molecule has 6 nitrogen and oxygen atoms in total. The van der Waals surface area contributed by atoms with Crippen molar-refractivity contribution in [3.63, 3.8) is 0 Å². The Bertz CT molecular complexity index is 1300. The average Bonchev–Trinajstić information content (AvgIpc) is 2.83. The van der Waals surface area contributed by atoms with Crippen molar-refractivity contribution in [2.75, 3.05) is 11.9 Å². The van der Waals surface area contributed by atoms with Gasteiger partial charge in [-0.05, 0) is 47.5 Å². The van der Waals surface area contributed by atoms with Gasteiger partial charge in [0.05, 0.1) is 20.1 Å². The molecule has 178 valence electrons. The molecule has 0 radical (unpaired) electrons. The molecule has 35 heavy (non-hydrogen) atoms. The molecule has 0 aliphatic rings. The largest absolute Gasteiger partial charge is 0.481 e. The lowest BCUT2D eigenvalue weighted by atomic mass is 10.1. The molecule has 0 aromatic heterocycles. The number of benzene rings is 3. The van der Waals surface area contributed by atoms with E-state index in [2.05, 4.69) is 10.6 Å². The van der Waals surface area contributed by atoms with Crippen LogP contribution in [0.4, 0.5) is 5.69 Å². The monoisotopic (exact) mass is 547 g/mol. The topological polar surface area (TPSA) is 91.2 Å². The van der Waals surface area contributed by atoms with Crippen molar-refractivity contribution in [2.24, 2.45) is 0 Å². The lowest BCUT2D eigenvalue weighted by molar-refractivity contribution is -0.118. The number of carbonyl (C=O) groups is 2. The van der Waals surface area contributed by atoms with Crippen molar-refractivity contribution in [1.82, 2.24) is 5.32 Å². The molecule has 3 aromatic carbocycles. The second kappa shape index (κ2) is 12.5. The van der Waals surface area contributed by atoms with E-state index < -0.39 is 11.8 Å². The van der Waals surface area contributed by atoms with Gasteiger partial charge in [-0.25, -0.2) is 0 Å². The smallest absolute Gasteiger partial charge is 0.262 e. The summed E-state index contributed by atoms with van der Waals surface area (Å²) in [5.74, 6) is -0.925. The van der Waals surface area contributed by atoms with Crippen molar-refractivity contribution in [2.45, 2.75) is 6.54 Å². The lowest BCUT2D eigenvalue weighted by Crippen LogP contribution is -2.23. The van der Waals surface area contributed by atoms with Crippen LogP contribution in [0.25, 0.3) is 6.08 Å². The van der Waals surface area contributed by atoms with E-state index in [0.29, 0.717) is 21.3 Å². The fraction of sp³-hybridized carbons (Fsp3) is 0.0800. The summed E-state index contributed by atoms with van der Waals surface area (Å²) in [5.41, 5.74) is 1.64. The van der Waals surface area contributed by atoms with E-state index >= 15 is 0 Å². The quantitative estimate of drug-likeness (QED) is 0.247. The van der Waals surface area contributed by atoms with Crippen LogP contribution >= 0.6 is 46.4 Å². The molecule has 0 unspecified atom stereocenters. The molecule has 0 heterocycles. The Morgan fingerprint density at radius 1 is 0.914 bits per heavy atom. The first-order valence-corrected chi connectivity index (χ1v) is 11.6. The number of halogens is 4. The normalized spacial score (nSPS) is 10.9. The first-order chi connectivity index (χ1) is 16.8. The standard InChI is InChI=1S/C25H17Cl4N3O3/c26-19-7-6-18(11-20(19)27)32-23(33)14-35-24-21(28)9-16(10-22(24)29)8-17(12-30)25(34)31-13-15-4-2-1-3-5-15/h1-11H,13-14H2,(H,31,34)(H,32,33)/b17-8+. The van der Waals surface area contributed by atoms with Gasteiger partial charge in [0.2, 0.25) is 0 Å². The zero-order chi connectivity index (χ0) is 25.4. The Hall–Kier alpha value is -3.21. The van der Waals surface area contributed by atoms with Gasteiger partial charge in [0.1, 0.15) is 11.6 Å². The molecule has 0 spiro atoms. The fourth-order valence-electron chi connectivity index (χ4n) is 2.90. The zero-order valence-corrected chi connectivity index (χ0v) is 21.0. The summed E-state index contributed by atoms with van der Waals surface area (Å²) in [7, 11) is 0. The average molecular weight is 549 g/mol. The van der Waals surface area contributed by atoms with Crippen molar-refractivity contribution in [1.29, 1.82) is 5.26 Å². The van der Waals surface area contributed by atoms with Gasteiger partial charge in [0.25, 0.3) is 11.8 Å². The van der Waals surface area contributed by atoms with Crippen molar-refractivity contribution >= 4 is 70.0 Å². The second-order valence-corrected chi connectivity index (χ2v) is 8.75. The maximum absolute atomic E-state index is 12.4. The molecule has 3 aromatic rings. The van der Waals surface area contributed by atoms with Gasteiger partial charge in [-0.3, -0.25) is 9.59 Å². The zero-order valence-electron chi connectivity index (χ0n) is 17.9. The highest BCUT2D eigenvalue weighted by Crippen LogP contribution is 2.35. The maximum atomic E-state index is 12.4. The van der Waals surface area contributed by atoms with Crippen LogP contribution in [-0.2, 0) is 16.1 Å². The van der Waals surface area contributed by atoms with Crippen LogP contribution in [0.2, 0.25) is 20.1 Å². The molecule has 0 saturated carbocycles. The molecule has 3 rings (SSSR count). The predicted molar refractivity (Wildman–Crippen MR) is 139 cm³/mol. The van der Waals surface area contributed by atoms with E-state index in [1.165, 1.54) is 24.3 Å². The summed E-state index contributed by atoms with van der Waals surface area (Å²) in [6.45, 7) is -0.0997. The molecular formula is C25H17Cl4N3O3. The molecular weight excluding hydrogens is 532 g/mol. The van der Waals surface area contributed by atoms with E-state index in [1.54, 1.807) is 12.1 Å². The first-order valence-electron chi connectivity index (χ1n) is 10.1. The summed E-state index contributed by atoms with van der Waals surface area (Å²) in [6.07, 6.45) is 1.36. The number of nitriles is 1. The van der Waals surface area contributed by atoms with Gasteiger partial charge in [-0.15, -0.1) is 0 Å². The van der Waals surface area contributed by atoms with Crippen LogP contribution in [0.5, 0.6) is 5.75 Å². The third-order valence-corrected chi connectivity index (χ3v) is 5.84. The summed E-state index contributed by atoms with van der Waals surface area (Å²) < 4.78 is 5.48. The third-order valence-electron chi connectivity index (χ3n) is 4.54. The van der Waals surface area contributed by atoms with E-state index in [0.717, 1.165) is 5.56 Å². The first kappa shape index (κ1) is 26.4. The number of hydrogen-bond donors (Lipinski definition) is 2. The Morgan fingerprint density at radius 2 is 1.60 bits per heavy atom. The van der Waals surface area contributed by atoms with Gasteiger partial charge in [0.15, 0.2) is 12.4 Å². The Labute approximate surface area is 222 Å². The highest BCUT2D eigenvalue weighted by molar-refractivity contribution is 6.42. The minimum Gasteiger partial charge on any atom is -0.481 e. The third kappa shape index (κ3) is 7.64. The number of nitrogens with zero attached hydrogens (tertiary/aromatic N) is 1. The van der Waals surface area contributed by atoms with Gasteiger partial charge in [-0.2, -0.15) is 5.26 Å². The number of hydrogen-bond acceptors (Lipinski definition) is 4. The Kier molecular flexibility index (Phi) is 9.41. The van der Waals surface area contributed by atoms with Gasteiger partial charge < -0.3 is 15.4 Å². The number of anilines is 1. The highest BCUT2D eigenvalue weighted by Gasteiger charge is 2.14. The summed E-state index contributed by atoms with van der Waals surface area (Å²) in [6, 6.07) is 18.8. The lowest BCUT2D eigenvalue weighted by Gasteiger charge is -2.12. The van der Waals surface area contributed by atoms with E-state index in [4.69, 9.17) is 51.1 Å². The summed E-state index contributed by atoms with van der Waals surface area (Å²) in [5, 5.41) is 15.6. The molecule has 0 atom stereocenters. The molecule has 0 aliphatic heterocycles. The number of carbonyl (C=O) groups excluding carboxylic acids is 2. The van der Waals surface area contributed by atoms with Crippen LogP contribution in [-0.4, -0.2) is 18.4 Å². The van der Waals surface area contributed by atoms with E-state index in [-0.39, 0.29) is 34.5 Å². The Morgan fingerprint density at radius 3 is 2.23 bits per heavy atom. The predicted octanol–water partition coefficient (Wildman–Crippen LogP) is 6.54. The van der Waals surface area contributed by atoms with Crippen LogP contribution in [0.1, 0.15) is 11.1 Å². The van der Waals surface area contributed by atoms with Gasteiger partial charge >= 0.3 is 0 Å². The maximum Gasteiger partial charge on any atom is 0.262 e. The van der Waals surface area contributed by atoms with Crippen molar-refractivity contribution in [3.05, 3.63) is 97.5 Å². The van der Waals surface area contributed by atoms with Crippen LogP contribution in [0.15, 0.2) is 66.2 Å². The fourth-order valence-corrected chi connectivity index (χ4v) is 3.81. The minimum atomic E-state index is -0.539. The van der Waals surface area contributed by atoms with E-state index in [9.17, 15) is 14.9 Å². The summed E-state index contributed by atoms with van der Waals surface area (Å²) in [4.78, 5) is 24.6. The van der Waals surface area contributed by atoms with Crippen LogP contribution in [0, 0.1) is 11.3 Å². The highest BCUT2D eigenvalue weighted by atomic mass is 35.5. The van der Waals surface area contributed by atoms with Gasteiger partial charge in [0, 0.05) is 12.2 Å². The van der Waals surface area contributed by atoms with Crippen molar-refractivity contribution < 1.29 is 14.3 Å². The van der Waals surface area contributed by atoms with Crippen LogP contribution < -0.4 is 15.4 Å². The minimum absolute atomic E-state index is 0.0850. The number of amides is 2. The van der Waals surface area contributed by atoms with E-state index in [1.807, 2.05) is 36.4 Å². The molecule has 0 bridgehead atoms. The Balaban J connectivity index is 1.64. The molecule has 2 N–H and O–H groups in total. The molecule has 0 fully saturated rings. The second-order valence-electron chi connectivity index (χ2n) is 7.12. The van der Waals surface area contributed by atoms with Gasteiger partial charge in [-0.1, -0.05) is 76.7 Å². The molecule has 0 aliphatic carbocycles. The molecule has 10 heteroatoms. The summed E-state index contributed by atoms with van der Waals surface area (Å²) >= 11 is 24.4. The molecule has 2 amide bonds. The van der Waals surface area contributed by atoms with Crippen LogP contribution in [0.3, 0.4) is 0 Å². The molecule has 0 saturated heterocycles.